The summed E-state index contributed by atoms with van der Waals surface area (Å²) in [7, 11) is 2.96. The molecular formula is C22H18ClN3O4S. The van der Waals surface area contributed by atoms with Gasteiger partial charge < -0.3 is 14.8 Å². The highest BCUT2D eigenvalue weighted by molar-refractivity contribution is 7.17. The van der Waals surface area contributed by atoms with Crippen LogP contribution in [-0.4, -0.2) is 29.7 Å². The first-order valence-corrected chi connectivity index (χ1v) is 10.5. The molecule has 0 aliphatic carbocycles. The molecule has 0 radical (unpaired) electrons. The van der Waals surface area contributed by atoms with Gasteiger partial charge in [-0.1, -0.05) is 41.9 Å². The number of nitrogens with zero attached hydrogens (tertiary/aromatic N) is 2. The summed E-state index contributed by atoms with van der Waals surface area (Å²) >= 11 is 7.46. The van der Waals surface area contributed by atoms with Crippen LogP contribution < -0.4 is 20.3 Å². The Kier molecular flexibility index (Phi) is 5.92. The van der Waals surface area contributed by atoms with Crippen LogP contribution >= 0.6 is 22.9 Å². The summed E-state index contributed by atoms with van der Waals surface area (Å²) in [6.07, 6.45) is 1.39. The Balaban J connectivity index is 1.59. The van der Waals surface area contributed by atoms with Crippen molar-refractivity contribution in [3.05, 3.63) is 69.5 Å². The number of benzene rings is 2. The molecule has 0 unspecified atom stereocenters. The summed E-state index contributed by atoms with van der Waals surface area (Å²) in [5.41, 5.74) is 2.61. The fourth-order valence-corrected chi connectivity index (χ4v) is 4.40. The van der Waals surface area contributed by atoms with Gasteiger partial charge in [-0.05, 0) is 11.6 Å². The van der Waals surface area contributed by atoms with E-state index in [0.29, 0.717) is 32.4 Å². The normalized spacial score (nSPS) is 10.8. The first kappa shape index (κ1) is 20.9. The Hall–Kier alpha value is -3.36. The molecule has 4 aromatic rings. The van der Waals surface area contributed by atoms with Crippen LogP contribution in [0.4, 0.5) is 5.69 Å². The molecule has 0 spiro atoms. The van der Waals surface area contributed by atoms with Gasteiger partial charge in [0.05, 0.1) is 36.8 Å². The van der Waals surface area contributed by atoms with Crippen molar-refractivity contribution in [2.24, 2.45) is 0 Å². The first-order valence-electron chi connectivity index (χ1n) is 9.25. The Labute approximate surface area is 186 Å². The number of rotatable bonds is 6. The third-order valence-electron chi connectivity index (χ3n) is 4.69. The third-order valence-corrected chi connectivity index (χ3v) is 5.95. The minimum atomic E-state index is -0.414. The Morgan fingerprint density at radius 3 is 2.61 bits per heavy atom. The van der Waals surface area contributed by atoms with Crippen LogP contribution in [0, 0.1) is 0 Å². The number of ether oxygens (including phenoxy) is 2. The van der Waals surface area contributed by atoms with Gasteiger partial charge in [-0.15, -0.1) is 11.3 Å². The predicted molar refractivity (Wildman–Crippen MR) is 123 cm³/mol. The lowest BCUT2D eigenvalue weighted by atomic mass is 10.1. The van der Waals surface area contributed by atoms with Crippen LogP contribution in [0.5, 0.6) is 11.5 Å². The van der Waals surface area contributed by atoms with Crippen LogP contribution in [0.1, 0.15) is 0 Å². The number of fused-ring (bicyclic) bond motifs is 1. The second-order valence-electron chi connectivity index (χ2n) is 6.61. The number of thiophene rings is 1. The van der Waals surface area contributed by atoms with E-state index in [0.717, 1.165) is 11.1 Å². The molecule has 0 aliphatic rings. The van der Waals surface area contributed by atoms with Gasteiger partial charge >= 0.3 is 0 Å². The van der Waals surface area contributed by atoms with Gasteiger partial charge in [0.2, 0.25) is 5.91 Å². The Morgan fingerprint density at radius 1 is 1.16 bits per heavy atom. The topological polar surface area (TPSA) is 82.4 Å². The van der Waals surface area contributed by atoms with E-state index in [2.05, 4.69) is 10.3 Å². The largest absolute Gasteiger partial charge is 0.495 e. The maximum atomic E-state index is 12.9. The number of halogens is 1. The molecule has 158 valence electrons. The van der Waals surface area contributed by atoms with Crippen molar-refractivity contribution >= 4 is 44.7 Å². The van der Waals surface area contributed by atoms with Crippen LogP contribution in [0.2, 0.25) is 5.02 Å². The molecule has 0 aliphatic heterocycles. The lowest BCUT2D eigenvalue weighted by molar-refractivity contribution is -0.116. The fourth-order valence-electron chi connectivity index (χ4n) is 3.18. The van der Waals surface area contributed by atoms with Gasteiger partial charge in [0.25, 0.3) is 5.56 Å². The smallest absolute Gasteiger partial charge is 0.271 e. The molecular weight excluding hydrogens is 438 g/mol. The van der Waals surface area contributed by atoms with Crippen molar-refractivity contribution in [2.45, 2.75) is 6.54 Å². The summed E-state index contributed by atoms with van der Waals surface area (Å²) in [5, 5.41) is 4.95. The number of amides is 1. The van der Waals surface area contributed by atoms with Crippen molar-refractivity contribution in [3.8, 4) is 22.6 Å². The van der Waals surface area contributed by atoms with Gasteiger partial charge in [0, 0.05) is 17.0 Å². The molecule has 0 saturated heterocycles. The summed E-state index contributed by atoms with van der Waals surface area (Å²) < 4.78 is 12.2. The lowest BCUT2D eigenvalue weighted by Crippen LogP contribution is -2.27. The molecule has 0 atom stereocenters. The van der Waals surface area contributed by atoms with E-state index in [1.54, 1.807) is 6.07 Å². The Bertz CT molecular complexity index is 1320. The average molecular weight is 456 g/mol. The van der Waals surface area contributed by atoms with Gasteiger partial charge in [-0.2, -0.15) is 0 Å². The first-order chi connectivity index (χ1) is 15.0. The van der Waals surface area contributed by atoms with Gasteiger partial charge in [-0.3, -0.25) is 14.2 Å². The van der Waals surface area contributed by atoms with Gasteiger partial charge in [0.1, 0.15) is 22.7 Å². The zero-order valence-electron chi connectivity index (χ0n) is 16.7. The number of hydrogen-bond donors (Lipinski definition) is 1. The number of methoxy groups -OCH3 is 2. The molecule has 7 nitrogen and oxygen atoms in total. The minimum absolute atomic E-state index is 0.201. The summed E-state index contributed by atoms with van der Waals surface area (Å²) in [6.45, 7) is -0.201. The number of hydrogen-bond acceptors (Lipinski definition) is 6. The predicted octanol–water partition coefficient (Wildman–Crippen LogP) is 4.43. The van der Waals surface area contributed by atoms with E-state index in [1.165, 1.54) is 42.5 Å². The van der Waals surface area contributed by atoms with Crippen LogP contribution in [0.25, 0.3) is 21.3 Å². The lowest BCUT2D eigenvalue weighted by Gasteiger charge is -2.13. The van der Waals surface area contributed by atoms with Crippen molar-refractivity contribution in [3.63, 3.8) is 0 Å². The van der Waals surface area contributed by atoms with Crippen molar-refractivity contribution in [2.75, 3.05) is 19.5 Å². The molecule has 0 bridgehead atoms. The maximum Gasteiger partial charge on any atom is 0.271 e. The van der Waals surface area contributed by atoms with Crippen molar-refractivity contribution in [1.29, 1.82) is 0 Å². The zero-order chi connectivity index (χ0) is 22.0. The quantitative estimate of drug-likeness (QED) is 0.465. The van der Waals surface area contributed by atoms with Crippen molar-refractivity contribution in [1.82, 2.24) is 9.55 Å². The van der Waals surface area contributed by atoms with Crippen LogP contribution in [-0.2, 0) is 11.3 Å². The molecule has 2 heterocycles. The van der Waals surface area contributed by atoms with Crippen molar-refractivity contribution < 1.29 is 14.3 Å². The molecule has 1 amide bonds. The highest BCUT2D eigenvalue weighted by atomic mass is 35.5. The van der Waals surface area contributed by atoms with E-state index >= 15 is 0 Å². The number of anilines is 1. The summed E-state index contributed by atoms with van der Waals surface area (Å²) in [6, 6.07) is 12.8. The zero-order valence-corrected chi connectivity index (χ0v) is 18.3. The second kappa shape index (κ2) is 8.79. The standard InChI is InChI=1S/C22H18ClN3O4S/c1-29-17-9-18(30-2)16(8-15(17)23)25-19(27)10-26-12-24-20-14(11-31-21(20)22(26)28)13-6-4-3-5-7-13/h3-9,11-12H,10H2,1-2H3,(H,25,27). The molecule has 0 saturated carbocycles. The van der Waals surface area contributed by atoms with Gasteiger partial charge in [0.15, 0.2) is 0 Å². The highest BCUT2D eigenvalue weighted by Crippen LogP contribution is 2.36. The second-order valence-corrected chi connectivity index (χ2v) is 7.89. The Morgan fingerprint density at radius 2 is 1.90 bits per heavy atom. The number of nitrogens with one attached hydrogen (secondary N) is 1. The molecule has 4 rings (SSSR count). The minimum Gasteiger partial charge on any atom is -0.495 e. The number of carbonyl (C=O) groups excluding carboxylic acids is 1. The number of aromatic nitrogens is 2. The maximum absolute atomic E-state index is 12.9. The van der Waals surface area contributed by atoms with Gasteiger partial charge in [-0.25, -0.2) is 4.98 Å². The molecule has 31 heavy (non-hydrogen) atoms. The number of carbonyl (C=O) groups is 1. The van der Waals surface area contributed by atoms with E-state index in [9.17, 15) is 9.59 Å². The molecule has 1 N–H and O–H groups in total. The van der Waals surface area contributed by atoms with Crippen LogP contribution in [0.15, 0.2) is 59.0 Å². The molecule has 9 heteroatoms. The molecule has 0 fully saturated rings. The SMILES string of the molecule is COc1cc(OC)c(NC(=O)Cn2cnc3c(-c4ccccc4)csc3c2=O)cc1Cl. The fraction of sp³-hybridized carbons (Fsp3) is 0.136. The van der Waals surface area contributed by atoms with E-state index in [1.807, 2.05) is 35.7 Å². The monoisotopic (exact) mass is 455 g/mol. The third kappa shape index (κ3) is 4.12. The summed E-state index contributed by atoms with van der Waals surface area (Å²) in [5.74, 6) is 0.401. The van der Waals surface area contributed by atoms with E-state index < -0.39 is 5.91 Å². The molecule has 2 aromatic heterocycles. The highest BCUT2D eigenvalue weighted by Gasteiger charge is 2.16. The van der Waals surface area contributed by atoms with Crippen LogP contribution in [0.3, 0.4) is 0 Å². The van der Waals surface area contributed by atoms with E-state index in [4.69, 9.17) is 21.1 Å². The van der Waals surface area contributed by atoms with E-state index in [-0.39, 0.29) is 12.1 Å². The average Bonchev–Trinajstić information content (AvgIpc) is 3.21. The molecule has 2 aromatic carbocycles. The summed E-state index contributed by atoms with van der Waals surface area (Å²) in [4.78, 5) is 30.0.